The van der Waals surface area contributed by atoms with E-state index in [1.807, 2.05) is 18.2 Å². The fourth-order valence-corrected chi connectivity index (χ4v) is 4.02. The molecule has 0 radical (unpaired) electrons. The number of allylic oxidation sites excluding steroid dienone is 1. The van der Waals surface area contributed by atoms with Crippen molar-refractivity contribution in [3.63, 3.8) is 0 Å². The number of nitrogens with two attached hydrogens (primary N) is 1. The first-order chi connectivity index (χ1) is 13.6. The van der Waals surface area contributed by atoms with Gasteiger partial charge in [-0.15, -0.1) is 0 Å². The van der Waals surface area contributed by atoms with Gasteiger partial charge in [0.15, 0.2) is 0 Å². The Morgan fingerprint density at radius 3 is 2.93 bits per heavy atom. The molecular weight excluding hydrogens is 372 g/mol. The van der Waals surface area contributed by atoms with E-state index < -0.39 is 0 Å². The highest BCUT2D eigenvalue weighted by Gasteiger charge is 2.18. The van der Waals surface area contributed by atoms with E-state index in [9.17, 15) is 0 Å². The first kappa shape index (κ1) is 17.0. The van der Waals surface area contributed by atoms with Crippen molar-refractivity contribution in [3.8, 4) is 11.1 Å². The second kappa shape index (κ2) is 6.49. The van der Waals surface area contributed by atoms with Gasteiger partial charge in [0.1, 0.15) is 22.7 Å². The summed E-state index contributed by atoms with van der Waals surface area (Å²) in [6.07, 6.45) is 5.62. The highest BCUT2D eigenvalue weighted by molar-refractivity contribution is 6.33. The molecule has 4 aromatic rings. The van der Waals surface area contributed by atoms with Gasteiger partial charge in [-0.1, -0.05) is 24.2 Å². The van der Waals surface area contributed by atoms with Gasteiger partial charge in [-0.3, -0.25) is 4.98 Å². The number of nitrogens with zero attached hydrogens (tertiary/aromatic N) is 4. The van der Waals surface area contributed by atoms with Gasteiger partial charge in [-0.2, -0.15) is 0 Å². The largest absolute Gasteiger partial charge is 0.382 e. The Balaban J connectivity index is 1.61. The number of anilines is 1. The molecule has 0 amide bonds. The van der Waals surface area contributed by atoms with Crippen LogP contribution >= 0.6 is 11.6 Å². The summed E-state index contributed by atoms with van der Waals surface area (Å²) in [5.41, 5.74) is 11.6. The zero-order chi connectivity index (χ0) is 19.3. The fraction of sp³-hybridized carbons (Fsp3) is 0.190. The molecule has 1 aromatic carbocycles. The van der Waals surface area contributed by atoms with Crippen LogP contribution in [0, 0.1) is 0 Å². The van der Waals surface area contributed by atoms with E-state index in [-0.39, 0.29) is 0 Å². The number of rotatable bonds is 3. The van der Waals surface area contributed by atoms with Crippen LogP contribution in [0.2, 0.25) is 5.02 Å². The van der Waals surface area contributed by atoms with E-state index in [2.05, 4.69) is 26.4 Å². The van der Waals surface area contributed by atoms with E-state index >= 15 is 0 Å². The maximum atomic E-state index is 6.32. The molecule has 0 unspecified atom stereocenters. The van der Waals surface area contributed by atoms with Gasteiger partial charge in [0.05, 0.1) is 17.1 Å². The third-order valence-corrected chi connectivity index (χ3v) is 5.59. The molecule has 6 nitrogen and oxygen atoms in total. The molecule has 3 N–H and O–H groups in total. The second-order valence-corrected chi connectivity index (χ2v) is 7.49. The number of H-pyrrole nitrogens is 1. The standard InChI is InChI=1S/C21H19ClN6/c1-12-3-2-8-28(12)11-18-26-19-14-5-4-13(15-10-24-7-6-16(15)22)9-17(14)25-21(23)20(19)27-18/h4-7,9-10H,1-3,8,11H2,(H2,23,25)(H,26,27). The maximum Gasteiger partial charge on any atom is 0.150 e. The molecule has 0 bridgehead atoms. The van der Waals surface area contributed by atoms with E-state index in [4.69, 9.17) is 22.3 Å². The molecule has 1 fully saturated rings. The first-order valence-electron chi connectivity index (χ1n) is 9.20. The molecule has 0 spiro atoms. The summed E-state index contributed by atoms with van der Waals surface area (Å²) in [5, 5.41) is 1.60. The Hall–Kier alpha value is -3.12. The van der Waals surface area contributed by atoms with Crippen molar-refractivity contribution in [2.45, 2.75) is 19.4 Å². The number of imidazole rings is 1. The van der Waals surface area contributed by atoms with Crippen LogP contribution in [-0.4, -0.2) is 31.4 Å². The van der Waals surface area contributed by atoms with Gasteiger partial charge in [0.2, 0.25) is 0 Å². The minimum atomic E-state index is 0.441. The topological polar surface area (TPSA) is 83.7 Å². The van der Waals surface area contributed by atoms with Crippen molar-refractivity contribution >= 4 is 39.4 Å². The number of nitrogens with one attached hydrogen (secondary N) is 1. The van der Waals surface area contributed by atoms with Crippen LogP contribution in [-0.2, 0) is 6.54 Å². The van der Waals surface area contributed by atoms with E-state index in [1.165, 1.54) is 0 Å². The number of hydrogen-bond donors (Lipinski definition) is 2. The number of aromatic amines is 1. The molecule has 4 heterocycles. The SMILES string of the molecule is C=C1CCCN1Cc1nc2c([nH]1)c(N)nc1cc(-c3cnccc3Cl)ccc12. The number of nitrogen functional groups attached to an aromatic ring is 1. The maximum absolute atomic E-state index is 6.32. The van der Waals surface area contributed by atoms with Crippen LogP contribution < -0.4 is 5.73 Å². The average molecular weight is 391 g/mol. The highest BCUT2D eigenvalue weighted by atomic mass is 35.5. The van der Waals surface area contributed by atoms with Crippen LogP contribution in [0.25, 0.3) is 33.1 Å². The average Bonchev–Trinajstić information content (AvgIpc) is 3.29. The number of pyridine rings is 2. The summed E-state index contributed by atoms with van der Waals surface area (Å²) < 4.78 is 0. The lowest BCUT2D eigenvalue weighted by Crippen LogP contribution is -2.17. The monoisotopic (exact) mass is 390 g/mol. The van der Waals surface area contributed by atoms with Crippen molar-refractivity contribution in [1.82, 2.24) is 24.8 Å². The third-order valence-electron chi connectivity index (χ3n) is 5.26. The molecule has 1 aliphatic heterocycles. The van der Waals surface area contributed by atoms with Gasteiger partial charge >= 0.3 is 0 Å². The van der Waals surface area contributed by atoms with Gasteiger partial charge in [0.25, 0.3) is 0 Å². The number of halogens is 1. The van der Waals surface area contributed by atoms with Crippen molar-refractivity contribution in [3.05, 3.63) is 59.8 Å². The quantitative estimate of drug-likeness (QED) is 0.537. The molecule has 0 aliphatic carbocycles. The summed E-state index contributed by atoms with van der Waals surface area (Å²) in [4.78, 5) is 19.2. The summed E-state index contributed by atoms with van der Waals surface area (Å²) in [6.45, 7) is 5.85. The predicted octanol–water partition coefficient (Wildman–Crippen LogP) is 4.52. The lowest BCUT2D eigenvalue weighted by atomic mass is 10.0. The summed E-state index contributed by atoms with van der Waals surface area (Å²) in [6, 6.07) is 7.78. The Morgan fingerprint density at radius 2 is 2.14 bits per heavy atom. The molecule has 7 heteroatoms. The Kier molecular flexibility index (Phi) is 3.94. The third kappa shape index (κ3) is 2.77. The molecule has 28 heavy (non-hydrogen) atoms. The number of hydrogen-bond acceptors (Lipinski definition) is 5. The smallest absolute Gasteiger partial charge is 0.150 e. The van der Waals surface area contributed by atoms with Crippen molar-refractivity contribution in [1.29, 1.82) is 0 Å². The number of likely N-dealkylation sites (tertiary alicyclic amines) is 1. The molecule has 0 saturated carbocycles. The summed E-state index contributed by atoms with van der Waals surface area (Å²) in [5.74, 6) is 1.31. The van der Waals surface area contributed by atoms with Crippen LogP contribution in [0.1, 0.15) is 18.7 Å². The fourth-order valence-electron chi connectivity index (χ4n) is 3.81. The van der Waals surface area contributed by atoms with E-state index in [1.54, 1.807) is 18.5 Å². The minimum Gasteiger partial charge on any atom is -0.382 e. The zero-order valence-electron chi connectivity index (χ0n) is 15.2. The number of aromatic nitrogens is 4. The zero-order valence-corrected chi connectivity index (χ0v) is 16.0. The van der Waals surface area contributed by atoms with Crippen LogP contribution in [0.4, 0.5) is 5.82 Å². The van der Waals surface area contributed by atoms with Crippen LogP contribution in [0.5, 0.6) is 0 Å². The minimum absolute atomic E-state index is 0.441. The van der Waals surface area contributed by atoms with Gasteiger partial charge in [-0.05, 0) is 36.6 Å². The molecule has 3 aromatic heterocycles. The van der Waals surface area contributed by atoms with Crippen molar-refractivity contribution in [2.75, 3.05) is 12.3 Å². The first-order valence-corrected chi connectivity index (χ1v) is 9.58. The lowest BCUT2D eigenvalue weighted by Gasteiger charge is -2.16. The molecule has 140 valence electrons. The van der Waals surface area contributed by atoms with E-state index in [0.29, 0.717) is 17.4 Å². The molecule has 1 saturated heterocycles. The molecule has 5 rings (SSSR count). The predicted molar refractivity (Wildman–Crippen MR) is 113 cm³/mol. The van der Waals surface area contributed by atoms with Gasteiger partial charge in [0, 0.05) is 35.6 Å². The van der Waals surface area contributed by atoms with Crippen LogP contribution in [0.15, 0.2) is 48.9 Å². The van der Waals surface area contributed by atoms with Crippen LogP contribution in [0.3, 0.4) is 0 Å². The summed E-state index contributed by atoms with van der Waals surface area (Å²) in [7, 11) is 0. The van der Waals surface area contributed by atoms with E-state index in [0.717, 1.165) is 64.0 Å². The Bertz CT molecular complexity index is 1230. The highest BCUT2D eigenvalue weighted by Crippen LogP contribution is 2.32. The molecule has 0 atom stereocenters. The molecular formula is C21H19ClN6. The van der Waals surface area contributed by atoms with Gasteiger partial charge in [-0.25, -0.2) is 9.97 Å². The number of fused-ring (bicyclic) bond motifs is 3. The Labute approximate surface area is 167 Å². The number of benzene rings is 1. The summed E-state index contributed by atoms with van der Waals surface area (Å²) >= 11 is 6.32. The Morgan fingerprint density at radius 1 is 1.25 bits per heavy atom. The normalized spacial score (nSPS) is 14.5. The van der Waals surface area contributed by atoms with Crippen molar-refractivity contribution < 1.29 is 0 Å². The van der Waals surface area contributed by atoms with Gasteiger partial charge < -0.3 is 15.6 Å². The lowest BCUT2D eigenvalue weighted by molar-refractivity contribution is 0.378. The second-order valence-electron chi connectivity index (χ2n) is 7.08. The van der Waals surface area contributed by atoms with Crippen molar-refractivity contribution in [2.24, 2.45) is 0 Å². The molecule has 1 aliphatic rings.